The quantitative estimate of drug-likeness (QED) is 0.0719. The van der Waals surface area contributed by atoms with Crippen molar-refractivity contribution in [1.29, 1.82) is 0 Å². The molecule has 2 amide bonds. The minimum Gasteiger partial charge on any atom is -0.382 e. The van der Waals surface area contributed by atoms with E-state index in [1.807, 2.05) is 0 Å². The molecule has 0 spiro atoms. The number of rotatable bonds is 75. The van der Waals surface area contributed by atoms with Crippen molar-refractivity contribution in [2.45, 2.75) is 12.8 Å². The van der Waals surface area contributed by atoms with Gasteiger partial charge in [0, 0.05) is 26.5 Å². The third-order valence-electron chi connectivity index (χ3n) is 9.78. The van der Waals surface area contributed by atoms with Crippen molar-refractivity contribution in [2.75, 3.05) is 324 Å². The maximum atomic E-state index is 11.4. The fourth-order valence-electron chi connectivity index (χ4n) is 5.67. The van der Waals surface area contributed by atoms with E-state index in [-0.39, 0.29) is 18.7 Å². The number of hydrogen-bond acceptors (Lipinski definition) is 26. The summed E-state index contributed by atoms with van der Waals surface area (Å²) in [5, 5.41) is 2.65. The number of amides is 2. The summed E-state index contributed by atoms with van der Waals surface area (Å²) in [7, 11) is 1.64. The standard InChI is InChI=1S/C53H106N2O26/c1-58-6-7-60-10-11-62-14-15-64-18-19-66-22-23-68-26-27-70-30-31-72-34-35-74-38-39-76-42-43-78-46-47-80-50-51-81-49-48-79-45-44-77-41-40-75-37-36-73-33-32-71-29-28-69-25-24-67-21-20-65-17-16-63-13-12-61-9-8-59-5-4-55-53(57)3-2-52(54)56/h2-51H2,1H3,(H2,54,56)(H,55,57). The molecule has 28 heteroatoms. The number of carbonyl (C=O) groups excluding carboxylic acids is 2. The van der Waals surface area contributed by atoms with Gasteiger partial charge in [0.15, 0.2) is 0 Å². The Morgan fingerprint density at radius 2 is 0.358 bits per heavy atom. The predicted molar refractivity (Wildman–Crippen MR) is 292 cm³/mol. The largest absolute Gasteiger partial charge is 0.382 e. The van der Waals surface area contributed by atoms with Crippen LogP contribution in [0.5, 0.6) is 0 Å². The number of hydrogen-bond donors (Lipinski definition) is 2. The molecule has 0 saturated carbocycles. The summed E-state index contributed by atoms with van der Waals surface area (Å²) in [5.74, 6) is -0.731. The van der Waals surface area contributed by atoms with Crippen LogP contribution in [0.15, 0.2) is 0 Å². The van der Waals surface area contributed by atoms with Crippen LogP contribution in [-0.2, 0) is 123 Å². The Hall–Kier alpha value is -2.02. The van der Waals surface area contributed by atoms with Crippen LogP contribution >= 0.6 is 0 Å². The van der Waals surface area contributed by atoms with Crippen molar-refractivity contribution >= 4 is 11.8 Å². The van der Waals surface area contributed by atoms with E-state index in [0.29, 0.717) is 317 Å². The molecule has 0 bridgehead atoms. The number of nitrogens with two attached hydrogens (primary N) is 1. The van der Waals surface area contributed by atoms with E-state index in [1.54, 1.807) is 7.11 Å². The Balaban J connectivity index is 3.09. The summed E-state index contributed by atoms with van der Waals surface area (Å²) in [6, 6.07) is 0. The first-order valence-corrected chi connectivity index (χ1v) is 28.5. The molecule has 81 heavy (non-hydrogen) atoms. The van der Waals surface area contributed by atoms with E-state index >= 15 is 0 Å². The second-order valence-corrected chi connectivity index (χ2v) is 16.4. The van der Waals surface area contributed by atoms with Crippen LogP contribution in [0.2, 0.25) is 0 Å². The molecular formula is C53H106N2O26. The van der Waals surface area contributed by atoms with Crippen LogP contribution in [0.1, 0.15) is 12.8 Å². The van der Waals surface area contributed by atoms with Crippen molar-refractivity contribution in [2.24, 2.45) is 5.73 Å². The summed E-state index contributed by atoms with van der Waals surface area (Å²) in [5.41, 5.74) is 5.01. The van der Waals surface area contributed by atoms with Crippen LogP contribution in [-0.4, -0.2) is 336 Å². The molecule has 0 aromatic heterocycles. The minimum atomic E-state index is -0.501. The minimum absolute atomic E-state index is 0.0347. The van der Waals surface area contributed by atoms with Gasteiger partial charge >= 0.3 is 0 Å². The van der Waals surface area contributed by atoms with Gasteiger partial charge in [-0.3, -0.25) is 9.59 Å². The average Bonchev–Trinajstić information content (AvgIpc) is 3.46. The molecule has 3 N–H and O–H groups in total. The molecule has 484 valence electrons. The molecular weight excluding hydrogens is 1080 g/mol. The normalized spacial score (nSPS) is 11.6. The van der Waals surface area contributed by atoms with Crippen molar-refractivity contribution in [1.82, 2.24) is 5.32 Å². The molecule has 0 aliphatic rings. The maximum absolute atomic E-state index is 11.4. The third-order valence-corrected chi connectivity index (χ3v) is 9.78. The van der Waals surface area contributed by atoms with E-state index in [1.165, 1.54) is 0 Å². The monoisotopic (exact) mass is 1190 g/mol. The van der Waals surface area contributed by atoms with Gasteiger partial charge in [-0.2, -0.15) is 0 Å². The van der Waals surface area contributed by atoms with Crippen molar-refractivity contribution < 1.29 is 123 Å². The van der Waals surface area contributed by atoms with Gasteiger partial charge in [0.25, 0.3) is 0 Å². The van der Waals surface area contributed by atoms with Gasteiger partial charge in [0.2, 0.25) is 11.8 Å². The zero-order valence-electron chi connectivity index (χ0n) is 49.0. The predicted octanol–water partition coefficient (Wildman–Crippen LogP) is -0.604. The second kappa shape index (κ2) is 74.1. The third kappa shape index (κ3) is 76.0. The Labute approximate surface area is 482 Å². The molecule has 0 unspecified atom stereocenters. The van der Waals surface area contributed by atoms with E-state index < -0.39 is 5.91 Å². The van der Waals surface area contributed by atoms with E-state index in [2.05, 4.69) is 5.32 Å². The molecule has 0 saturated heterocycles. The Morgan fingerprint density at radius 3 is 0.494 bits per heavy atom. The molecule has 0 aromatic carbocycles. The highest BCUT2D eigenvalue weighted by Crippen LogP contribution is 1.92. The number of ether oxygens (including phenoxy) is 24. The van der Waals surface area contributed by atoms with Gasteiger partial charge in [0.1, 0.15) is 0 Å². The van der Waals surface area contributed by atoms with Crippen molar-refractivity contribution in [3.63, 3.8) is 0 Å². The Kier molecular flexibility index (Phi) is 72.2. The van der Waals surface area contributed by atoms with Gasteiger partial charge in [-0.05, 0) is 0 Å². The second-order valence-electron chi connectivity index (χ2n) is 16.4. The number of nitrogens with one attached hydrogen (secondary N) is 1. The molecule has 0 atom stereocenters. The van der Waals surface area contributed by atoms with Crippen molar-refractivity contribution in [3.05, 3.63) is 0 Å². The summed E-state index contributed by atoms with van der Waals surface area (Å²) in [4.78, 5) is 22.1. The van der Waals surface area contributed by atoms with Gasteiger partial charge in [-0.25, -0.2) is 0 Å². The summed E-state index contributed by atoms with van der Waals surface area (Å²) < 4.78 is 131. The van der Waals surface area contributed by atoms with Gasteiger partial charge in [-0.1, -0.05) is 0 Å². The first kappa shape index (κ1) is 79.0. The lowest BCUT2D eigenvalue weighted by Gasteiger charge is -2.09. The molecule has 0 heterocycles. The van der Waals surface area contributed by atoms with Crippen LogP contribution < -0.4 is 11.1 Å². The molecule has 0 aliphatic heterocycles. The van der Waals surface area contributed by atoms with E-state index in [0.717, 1.165) is 0 Å². The van der Waals surface area contributed by atoms with Crippen LogP contribution in [0.3, 0.4) is 0 Å². The summed E-state index contributed by atoms with van der Waals surface area (Å²) in [6.07, 6.45) is 0.118. The Bertz CT molecular complexity index is 1200. The molecule has 0 rings (SSSR count). The summed E-state index contributed by atoms with van der Waals surface area (Å²) >= 11 is 0. The molecule has 0 fully saturated rings. The zero-order valence-corrected chi connectivity index (χ0v) is 49.0. The smallest absolute Gasteiger partial charge is 0.220 e. The van der Waals surface area contributed by atoms with Gasteiger partial charge in [0.05, 0.1) is 311 Å². The van der Waals surface area contributed by atoms with Crippen LogP contribution in [0.25, 0.3) is 0 Å². The molecule has 0 radical (unpaired) electrons. The fourth-order valence-corrected chi connectivity index (χ4v) is 5.67. The highest BCUT2D eigenvalue weighted by atomic mass is 16.6. The van der Waals surface area contributed by atoms with Crippen LogP contribution in [0, 0.1) is 0 Å². The molecule has 0 aromatic rings. The fraction of sp³-hybridized carbons (Fsp3) is 0.962. The van der Waals surface area contributed by atoms with Crippen LogP contribution in [0.4, 0.5) is 0 Å². The maximum Gasteiger partial charge on any atom is 0.220 e. The average molecular weight is 1190 g/mol. The van der Waals surface area contributed by atoms with Crippen molar-refractivity contribution in [3.8, 4) is 0 Å². The molecule has 0 aliphatic carbocycles. The number of carbonyl (C=O) groups is 2. The van der Waals surface area contributed by atoms with E-state index in [4.69, 9.17) is 119 Å². The lowest BCUT2D eigenvalue weighted by molar-refractivity contribution is -0.125. The lowest BCUT2D eigenvalue weighted by Crippen LogP contribution is -2.28. The Morgan fingerprint density at radius 1 is 0.222 bits per heavy atom. The first-order valence-electron chi connectivity index (χ1n) is 28.5. The lowest BCUT2D eigenvalue weighted by atomic mass is 10.3. The van der Waals surface area contributed by atoms with E-state index in [9.17, 15) is 9.59 Å². The SMILES string of the molecule is COCCOCCOCCOCCOCCOCCOCCOCCOCCOCCOCCOCCOCCOCCOCCOCCOCCOCCOCCOCCOCCOCCOCCOCCNC(=O)CCC(N)=O. The van der Waals surface area contributed by atoms with Gasteiger partial charge in [-0.15, -0.1) is 0 Å². The topological polar surface area (TPSA) is 294 Å². The highest BCUT2D eigenvalue weighted by Gasteiger charge is 2.04. The summed E-state index contributed by atoms with van der Waals surface area (Å²) in [6.45, 7) is 23.1. The first-order chi connectivity index (χ1) is 40.2. The molecule has 28 nitrogen and oxygen atoms in total. The number of methoxy groups -OCH3 is 1. The highest BCUT2D eigenvalue weighted by molar-refractivity contribution is 5.82. The van der Waals surface area contributed by atoms with Gasteiger partial charge < -0.3 is 125 Å². The zero-order chi connectivity index (χ0) is 58.2. The number of primary amides is 1.